The van der Waals surface area contributed by atoms with Gasteiger partial charge < -0.3 is 4.42 Å². The number of aryl methyl sites for hydroxylation is 1. The molecule has 0 radical (unpaired) electrons. The Hall–Kier alpha value is -1.76. The smallest absolute Gasteiger partial charge is 0.137 e. The molecule has 0 fully saturated rings. The molecule has 0 unspecified atom stereocenters. The normalized spacial score (nSPS) is 13.8. The van der Waals surface area contributed by atoms with Crippen LogP contribution in [0.3, 0.4) is 0 Å². The minimum absolute atomic E-state index is 1.00. The molecule has 1 nitrogen and oxygen atoms in total. The molecule has 0 saturated carbocycles. The van der Waals surface area contributed by atoms with Gasteiger partial charge in [-0.15, -0.1) is 0 Å². The van der Waals surface area contributed by atoms with Gasteiger partial charge in [-0.1, -0.05) is 29.8 Å². The fraction of sp³-hybridized carbons (Fsp3) is 0.200. The molecule has 0 aliphatic heterocycles. The SMILES string of the molecule is CC1=Cc2c(cccc2-c2occc2C)C1. The van der Waals surface area contributed by atoms with Crippen LogP contribution in [0.1, 0.15) is 23.6 Å². The standard InChI is InChI=1S/C15H14O/c1-10-8-12-4-3-5-13(14(12)9-10)15-11(2)6-7-16-15/h3-7,9H,8H2,1-2H3. The lowest BCUT2D eigenvalue weighted by atomic mass is 10.00. The molecule has 80 valence electrons. The molecule has 16 heavy (non-hydrogen) atoms. The van der Waals surface area contributed by atoms with Crippen molar-refractivity contribution in [2.75, 3.05) is 0 Å². The third-order valence-corrected chi connectivity index (χ3v) is 3.16. The molecule has 0 saturated heterocycles. The first-order chi connectivity index (χ1) is 7.75. The molecule has 0 amide bonds. The second-order valence-electron chi connectivity index (χ2n) is 4.48. The molecule has 1 aliphatic rings. The molecule has 1 heteroatoms. The lowest BCUT2D eigenvalue weighted by Crippen LogP contribution is -1.87. The maximum Gasteiger partial charge on any atom is 0.137 e. The number of benzene rings is 1. The average Bonchev–Trinajstić information content (AvgIpc) is 2.82. The van der Waals surface area contributed by atoms with Crippen LogP contribution in [0.5, 0.6) is 0 Å². The van der Waals surface area contributed by atoms with Crippen LogP contribution >= 0.6 is 0 Å². The molecule has 1 heterocycles. The van der Waals surface area contributed by atoms with Crippen molar-refractivity contribution in [2.24, 2.45) is 0 Å². The van der Waals surface area contributed by atoms with Crippen LogP contribution in [0.15, 0.2) is 40.5 Å². The van der Waals surface area contributed by atoms with Gasteiger partial charge in [0.25, 0.3) is 0 Å². The number of fused-ring (bicyclic) bond motifs is 1. The first kappa shape index (κ1) is 9.46. The van der Waals surface area contributed by atoms with E-state index in [0.717, 1.165) is 12.2 Å². The summed E-state index contributed by atoms with van der Waals surface area (Å²) in [5.41, 5.74) is 6.58. The second-order valence-corrected chi connectivity index (χ2v) is 4.48. The predicted molar refractivity (Wildman–Crippen MR) is 66.2 cm³/mol. The van der Waals surface area contributed by atoms with Crippen molar-refractivity contribution in [2.45, 2.75) is 20.3 Å². The van der Waals surface area contributed by atoms with Crippen molar-refractivity contribution in [1.82, 2.24) is 0 Å². The predicted octanol–water partition coefficient (Wildman–Crippen LogP) is 4.21. The summed E-state index contributed by atoms with van der Waals surface area (Å²) >= 11 is 0. The highest BCUT2D eigenvalue weighted by atomic mass is 16.3. The Labute approximate surface area is 95.4 Å². The van der Waals surface area contributed by atoms with Crippen LogP contribution in [0.4, 0.5) is 0 Å². The van der Waals surface area contributed by atoms with E-state index in [1.807, 2.05) is 6.07 Å². The summed E-state index contributed by atoms with van der Waals surface area (Å²) in [5, 5.41) is 0. The summed E-state index contributed by atoms with van der Waals surface area (Å²) in [6, 6.07) is 8.46. The van der Waals surface area contributed by atoms with Crippen LogP contribution in [0.2, 0.25) is 0 Å². The molecule has 2 aromatic rings. The maximum atomic E-state index is 5.58. The number of allylic oxidation sites excluding steroid dienone is 1. The van der Waals surface area contributed by atoms with E-state index < -0.39 is 0 Å². The molecule has 3 rings (SSSR count). The summed E-state index contributed by atoms with van der Waals surface area (Å²) in [6.07, 6.45) is 5.10. The highest BCUT2D eigenvalue weighted by molar-refractivity contribution is 5.79. The van der Waals surface area contributed by atoms with Gasteiger partial charge >= 0.3 is 0 Å². The average molecular weight is 210 g/mol. The van der Waals surface area contributed by atoms with E-state index >= 15 is 0 Å². The van der Waals surface area contributed by atoms with Crippen molar-refractivity contribution in [3.63, 3.8) is 0 Å². The van der Waals surface area contributed by atoms with Crippen LogP contribution in [0.25, 0.3) is 17.4 Å². The molecule has 0 N–H and O–H groups in total. The fourth-order valence-corrected chi connectivity index (χ4v) is 2.38. The Balaban J connectivity index is 2.24. The van der Waals surface area contributed by atoms with Crippen LogP contribution in [0, 0.1) is 6.92 Å². The quantitative estimate of drug-likeness (QED) is 0.687. The van der Waals surface area contributed by atoms with Crippen molar-refractivity contribution in [3.8, 4) is 11.3 Å². The zero-order chi connectivity index (χ0) is 11.1. The zero-order valence-corrected chi connectivity index (χ0v) is 9.58. The van der Waals surface area contributed by atoms with E-state index in [1.54, 1.807) is 6.26 Å². The van der Waals surface area contributed by atoms with Gasteiger partial charge in [0.15, 0.2) is 0 Å². The van der Waals surface area contributed by atoms with Crippen molar-refractivity contribution in [1.29, 1.82) is 0 Å². The topological polar surface area (TPSA) is 13.1 Å². The fourth-order valence-electron chi connectivity index (χ4n) is 2.38. The van der Waals surface area contributed by atoms with Gasteiger partial charge in [-0.2, -0.15) is 0 Å². The van der Waals surface area contributed by atoms with Gasteiger partial charge in [0.05, 0.1) is 6.26 Å². The second kappa shape index (κ2) is 3.38. The number of furan rings is 1. The van der Waals surface area contributed by atoms with Crippen molar-refractivity contribution in [3.05, 3.63) is 52.8 Å². The zero-order valence-electron chi connectivity index (χ0n) is 9.58. The molecular formula is C15H14O. The van der Waals surface area contributed by atoms with E-state index in [9.17, 15) is 0 Å². The summed E-state index contributed by atoms with van der Waals surface area (Å²) < 4.78 is 5.58. The van der Waals surface area contributed by atoms with E-state index in [4.69, 9.17) is 4.42 Å². The van der Waals surface area contributed by atoms with Crippen LogP contribution < -0.4 is 0 Å². The molecule has 0 atom stereocenters. The number of rotatable bonds is 1. The molecular weight excluding hydrogens is 196 g/mol. The molecule has 1 aliphatic carbocycles. The van der Waals surface area contributed by atoms with Gasteiger partial charge in [-0.3, -0.25) is 0 Å². The van der Waals surface area contributed by atoms with E-state index in [1.165, 1.54) is 27.8 Å². The first-order valence-corrected chi connectivity index (χ1v) is 5.59. The van der Waals surface area contributed by atoms with Gasteiger partial charge in [0.1, 0.15) is 5.76 Å². The summed E-state index contributed by atoms with van der Waals surface area (Å²) in [5.74, 6) is 1.00. The first-order valence-electron chi connectivity index (χ1n) is 5.59. The third-order valence-electron chi connectivity index (χ3n) is 3.16. The number of hydrogen-bond acceptors (Lipinski definition) is 1. The van der Waals surface area contributed by atoms with E-state index in [0.29, 0.717) is 0 Å². The van der Waals surface area contributed by atoms with Crippen LogP contribution in [-0.4, -0.2) is 0 Å². The Morgan fingerprint density at radius 3 is 2.75 bits per heavy atom. The Morgan fingerprint density at radius 2 is 2.00 bits per heavy atom. The van der Waals surface area contributed by atoms with Gasteiger partial charge in [0.2, 0.25) is 0 Å². The minimum atomic E-state index is 1.00. The largest absolute Gasteiger partial charge is 0.464 e. The summed E-state index contributed by atoms with van der Waals surface area (Å²) in [4.78, 5) is 0. The Kier molecular flexibility index (Phi) is 2.00. The summed E-state index contributed by atoms with van der Waals surface area (Å²) in [6.45, 7) is 4.27. The lowest BCUT2D eigenvalue weighted by Gasteiger charge is -2.05. The molecule has 0 spiro atoms. The molecule has 1 aromatic carbocycles. The van der Waals surface area contributed by atoms with Gasteiger partial charge in [-0.25, -0.2) is 0 Å². The maximum absolute atomic E-state index is 5.58. The highest BCUT2D eigenvalue weighted by Gasteiger charge is 2.16. The minimum Gasteiger partial charge on any atom is -0.464 e. The Bertz CT molecular complexity index is 573. The lowest BCUT2D eigenvalue weighted by molar-refractivity contribution is 0.580. The van der Waals surface area contributed by atoms with E-state index in [-0.39, 0.29) is 0 Å². The molecule has 0 bridgehead atoms. The van der Waals surface area contributed by atoms with Gasteiger partial charge in [-0.05, 0) is 43.0 Å². The monoisotopic (exact) mass is 210 g/mol. The highest BCUT2D eigenvalue weighted by Crippen LogP contribution is 2.35. The van der Waals surface area contributed by atoms with Crippen LogP contribution in [-0.2, 0) is 6.42 Å². The Morgan fingerprint density at radius 1 is 1.12 bits per heavy atom. The number of hydrogen-bond donors (Lipinski definition) is 0. The van der Waals surface area contributed by atoms with Gasteiger partial charge in [0, 0.05) is 5.56 Å². The molecule has 1 aromatic heterocycles. The third kappa shape index (κ3) is 1.32. The van der Waals surface area contributed by atoms with E-state index in [2.05, 4.69) is 38.1 Å². The van der Waals surface area contributed by atoms with Crippen molar-refractivity contribution >= 4 is 6.08 Å². The summed E-state index contributed by atoms with van der Waals surface area (Å²) in [7, 11) is 0. The van der Waals surface area contributed by atoms with Crippen molar-refractivity contribution < 1.29 is 4.42 Å².